The molecule has 2 heterocycles. The van der Waals surface area contributed by atoms with E-state index in [9.17, 15) is 4.79 Å². The SMILES string of the molecule is O=C(O)c1nccn1-c1ncncc1Cl. The molecule has 2 aromatic rings. The zero-order chi connectivity index (χ0) is 10.8. The molecule has 1 N–H and O–H groups in total. The number of aromatic carboxylic acids is 1. The Labute approximate surface area is 89.2 Å². The van der Waals surface area contributed by atoms with Gasteiger partial charge in [-0.25, -0.2) is 19.7 Å². The molecule has 6 nitrogen and oxygen atoms in total. The van der Waals surface area contributed by atoms with Crippen molar-refractivity contribution in [1.82, 2.24) is 19.5 Å². The lowest BCUT2D eigenvalue weighted by atomic mass is 10.5. The Morgan fingerprint density at radius 2 is 2.27 bits per heavy atom. The second-order valence-electron chi connectivity index (χ2n) is 2.62. The van der Waals surface area contributed by atoms with Crippen LogP contribution in [0.3, 0.4) is 0 Å². The molecule has 0 unspecified atom stereocenters. The maximum atomic E-state index is 10.8. The minimum absolute atomic E-state index is 0.143. The van der Waals surface area contributed by atoms with Crippen LogP contribution in [0.5, 0.6) is 0 Å². The third-order valence-electron chi connectivity index (χ3n) is 1.71. The van der Waals surface area contributed by atoms with Crippen LogP contribution in [0.2, 0.25) is 5.02 Å². The molecule has 76 valence electrons. The summed E-state index contributed by atoms with van der Waals surface area (Å²) in [6, 6.07) is 0. The van der Waals surface area contributed by atoms with Gasteiger partial charge < -0.3 is 5.11 Å². The molecule has 0 amide bonds. The number of imidazole rings is 1. The van der Waals surface area contributed by atoms with E-state index in [-0.39, 0.29) is 10.8 Å². The number of carboxylic acid groups (broad SMARTS) is 1. The monoisotopic (exact) mass is 224 g/mol. The smallest absolute Gasteiger partial charge is 0.372 e. The molecular weight excluding hydrogens is 220 g/mol. The minimum atomic E-state index is -1.14. The molecular formula is C8H5ClN4O2. The lowest BCUT2D eigenvalue weighted by Gasteiger charge is -2.04. The number of carboxylic acids is 1. The van der Waals surface area contributed by atoms with Crippen molar-refractivity contribution >= 4 is 17.6 Å². The Morgan fingerprint density at radius 1 is 1.47 bits per heavy atom. The summed E-state index contributed by atoms with van der Waals surface area (Å²) < 4.78 is 1.28. The van der Waals surface area contributed by atoms with Crippen LogP contribution in [0.15, 0.2) is 24.9 Å². The Hall–Kier alpha value is -1.95. The fraction of sp³-hybridized carbons (Fsp3) is 0. The number of aromatic nitrogens is 4. The zero-order valence-electron chi connectivity index (χ0n) is 7.33. The van der Waals surface area contributed by atoms with Crippen molar-refractivity contribution in [3.8, 4) is 5.82 Å². The van der Waals surface area contributed by atoms with Crippen molar-refractivity contribution < 1.29 is 9.90 Å². The van der Waals surface area contributed by atoms with Crippen molar-refractivity contribution in [3.05, 3.63) is 35.8 Å². The molecule has 0 aliphatic heterocycles. The van der Waals surface area contributed by atoms with Crippen LogP contribution < -0.4 is 0 Å². The fourth-order valence-electron chi connectivity index (χ4n) is 1.12. The van der Waals surface area contributed by atoms with E-state index >= 15 is 0 Å². The highest BCUT2D eigenvalue weighted by atomic mass is 35.5. The number of hydrogen-bond acceptors (Lipinski definition) is 4. The third kappa shape index (κ3) is 1.66. The van der Waals surface area contributed by atoms with Gasteiger partial charge in [0.2, 0.25) is 5.82 Å². The largest absolute Gasteiger partial charge is 0.475 e. The highest BCUT2D eigenvalue weighted by Crippen LogP contribution is 2.17. The van der Waals surface area contributed by atoms with Gasteiger partial charge in [0, 0.05) is 12.4 Å². The van der Waals surface area contributed by atoms with Gasteiger partial charge in [-0.3, -0.25) is 4.57 Å². The molecule has 0 fully saturated rings. The van der Waals surface area contributed by atoms with Crippen molar-refractivity contribution in [1.29, 1.82) is 0 Å². The van der Waals surface area contributed by atoms with E-state index in [1.165, 1.54) is 29.5 Å². The summed E-state index contributed by atoms with van der Waals surface area (Å²) in [5.74, 6) is -0.994. The predicted molar refractivity (Wildman–Crippen MR) is 51.1 cm³/mol. The van der Waals surface area contributed by atoms with Crippen molar-refractivity contribution in [2.75, 3.05) is 0 Å². The molecule has 7 heteroatoms. The Balaban J connectivity index is 2.59. The predicted octanol–water partition coefficient (Wildman–Crippen LogP) is 1.01. The van der Waals surface area contributed by atoms with Crippen LogP contribution in [0.1, 0.15) is 10.6 Å². The van der Waals surface area contributed by atoms with Crippen LogP contribution in [0.4, 0.5) is 0 Å². The first-order valence-electron chi connectivity index (χ1n) is 3.92. The zero-order valence-corrected chi connectivity index (χ0v) is 8.09. The van der Waals surface area contributed by atoms with E-state index in [1.54, 1.807) is 0 Å². The first-order valence-corrected chi connectivity index (χ1v) is 4.30. The summed E-state index contributed by atoms with van der Waals surface area (Å²) >= 11 is 5.83. The Bertz CT molecular complexity index is 511. The first kappa shape index (κ1) is 9.60. The molecule has 0 aromatic carbocycles. The van der Waals surface area contributed by atoms with Crippen molar-refractivity contribution in [3.63, 3.8) is 0 Å². The number of halogens is 1. The van der Waals surface area contributed by atoms with E-state index in [2.05, 4.69) is 15.0 Å². The van der Waals surface area contributed by atoms with Gasteiger partial charge in [-0.15, -0.1) is 0 Å². The Kier molecular flexibility index (Phi) is 2.34. The quantitative estimate of drug-likeness (QED) is 0.824. The van der Waals surface area contributed by atoms with E-state index in [0.717, 1.165) is 0 Å². The van der Waals surface area contributed by atoms with Crippen LogP contribution in [0.25, 0.3) is 5.82 Å². The maximum Gasteiger partial charge on any atom is 0.372 e. The van der Waals surface area contributed by atoms with Gasteiger partial charge in [0.05, 0.1) is 6.20 Å². The summed E-state index contributed by atoms with van der Waals surface area (Å²) in [6.45, 7) is 0. The number of carbonyl (C=O) groups is 1. The second kappa shape index (κ2) is 3.66. The third-order valence-corrected chi connectivity index (χ3v) is 1.98. The number of hydrogen-bond donors (Lipinski definition) is 1. The molecule has 15 heavy (non-hydrogen) atoms. The average Bonchev–Trinajstić information content (AvgIpc) is 2.67. The highest BCUT2D eigenvalue weighted by molar-refractivity contribution is 6.32. The van der Waals surface area contributed by atoms with E-state index in [4.69, 9.17) is 16.7 Å². The normalized spacial score (nSPS) is 10.2. The van der Waals surface area contributed by atoms with Gasteiger partial charge in [0.1, 0.15) is 11.3 Å². The molecule has 2 aromatic heterocycles. The average molecular weight is 225 g/mol. The molecule has 0 radical (unpaired) electrons. The Morgan fingerprint density at radius 3 is 2.93 bits per heavy atom. The van der Waals surface area contributed by atoms with Crippen LogP contribution in [0, 0.1) is 0 Å². The summed E-state index contributed by atoms with van der Waals surface area (Å²) in [6.07, 6.45) is 5.50. The van der Waals surface area contributed by atoms with Crippen LogP contribution in [-0.2, 0) is 0 Å². The molecule has 0 bridgehead atoms. The lowest BCUT2D eigenvalue weighted by Crippen LogP contribution is -2.09. The number of nitrogens with zero attached hydrogens (tertiary/aromatic N) is 4. The van der Waals surface area contributed by atoms with E-state index < -0.39 is 5.97 Å². The molecule has 0 aliphatic rings. The fourth-order valence-corrected chi connectivity index (χ4v) is 1.31. The van der Waals surface area contributed by atoms with Gasteiger partial charge in [0.25, 0.3) is 0 Å². The first-order chi connectivity index (χ1) is 7.20. The van der Waals surface area contributed by atoms with E-state index in [1.807, 2.05) is 0 Å². The molecule has 2 rings (SSSR count). The molecule has 0 atom stereocenters. The van der Waals surface area contributed by atoms with Gasteiger partial charge in [-0.05, 0) is 0 Å². The standard InChI is InChI=1S/C8H5ClN4O2/c9-5-3-10-4-12-6(5)13-2-1-11-7(13)8(14)15/h1-4H,(H,14,15). The molecule has 0 spiro atoms. The lowest BCUT2D eigenvalue weighted by molar-refractivity contribution is 0.0681. The minimum Gasteiger partial charge on any atom is -0.475 e. The van der Waals surface area contributed by atoms with E-state index in [0.29, 0.717) is 5.82 Å². The summed E-state index contributed by atoms with van der Waals surface area (Å²) in [5.41, 5.74) is 0. The summed E-state index contributed by atoms with van der Waals surface area (Å²) in [7, 11) is 0. The van der Waals surface area contributed by atoms with Gasteiger partial charge in [-0.1, -0.05) is 11.6 Å². The van der Waals surface area contributed by atoms with Crippen LogP contribution >= 0.6 is 11.6 Å². The summed E-state index contributed by atoms with van der Waals surface area (Å²) in [4.78, 5) is 22.1. The topological polar surface area (TPSA) is 80.9 Å². The van der Waals surface area contributed by atoms with Gasteiger partial charge >= 0.3 is 5.97 Å². The summed E-state index contributed by atoms with van der Waals surface area (Å²) in [5, 5.41) is 9.10. The molecule has 0 saturated carbocycles. The van der Waals surface area contributed by atoms with Crippen molar-refractivity contribution in [2.45, 2.75) is 0 Å². The highest BCUT2D eigenvalue weighted by Gasteiger charge is 2.14. The molecule has 0 saturated heterocycles. The number of rotatable bonds is 2. The molecule has 0 aliphatic carbocycles. The van der Waals surface area contributed by atoms with Gasteiger partial charge in [0.15, 0.2) is 5.82 Å². The second-order valence-corrected chi connectivity index (χ2v) is 3.03. The maximum absolute atomic E-state index is 10.8. The van der Waals surface area contributed by atoms with Crippen molar-refractivity contribution in [2.24, 2.45) is 0 Å². The van der Waals surface area contributed by atoms with Crippen LogP contribution in [-0.4, -0.2) is 30.6 Å². The van der Waals surface area contributed by atoms with Gasteiger partial charge in [-0.2, -0.15) is 0 Å².